The highest BCUT2D eigenvalue weighted by Gasteiger charge is 2.03. The molecule has 0 fully saturated rings. The molecule has 0 bridgehead atoms. The number of rotatable bonds is 4. The zero-order chi connectivity index (χ0) is 13.0. The zero-order valence-electron chi connectivity index (χ0n) is 10.2. The molecule has 2 nitrogen and oxygen atoms in total. The van der Waals surface area contributed by atoms with Gasteiger partial charge in [-0.3, -0.25) is 0 Å². The lowest BCUT2D eigenvalue weighted by Gasteiger charge is -2.08. The lowest BCUT2D eigenvalue weighted by molar-refractivity contribution is 0.282. The first-order chi connectivity index (χ1) is 8.72. The molecule has 0 saturated carbocycles. The summed E-state index contributed by atoms with van der Waals surface area (Å²) in [6.45, 7) is 2.04. The Morgan fingerprint density at radius 3 is 2.56 bits per heavy atom. The molecule has 2 rings (SSSR count). The second kappa shape index (κ2) is 5.89. The van der Waals surface area contributed by atoms with E-state index in [0.717, 1.165) is 12.2 Å². The van der Waals surface area contributed by atoms with E-state index >= 15 is 0 Å². The van der Waals surface area contributed by atoms with Gasteiger partial charge in [0, 0.05) is 5.02 Å². The van der Waals surface area contributed by atoms with Crippen LogP contribution in [0.4, 0.5) is 0 Å². The maximum Gasteiger partial charge on any atom is 0.128 e. The predicted octanol–water partition coefficient (Wildman–Crippen LogP) is 4.19. The number of aliphatic hydroxyl groups excluding tert-OH is 1. The van der Waals surface area contributed by atoms with E-state index in [1.165, 1.54) is 5.56 Å². The van der Waals surface area contributed by atoms with Gasteiger partial charge in [0.05, 0.1) is 6.61 Å². The van der Waals surface area contributed by atoms with E-state index in [1.54, 1.807) is 18.2 Å². The fourth-order valence-electron chi connectivity index (χ4n) is 1.68. The number of hydrogen-bond acceptors (Lipinski definition) is 2. The van der Waals surface area contributed by atoms with Gasteiger partial charge in [0.15, 0.2) is 0 Å². The Kier molecular flexibility index (Phi) is 4.24. The average molecular weight is 263 g/mol. The van der Waals surface area contributed by atoms with Crippen molar-refractivity contribution >= 4 is 11.6 Å². The summed E-state index contributed by atoms with van der Waals surface area (Å²) in [7, 11) is 0. The van der Waals surface area contributed by atoms with E-state index in [-0.39, 0.29) is 6.61 Å². The summed E-state index contributed by atoms with van der Waals surface area (Å²) >= 11 is 6.01. The molecule has 2 aromatic rings. The van der Waals surface area contributed by atoms with Crippen molar-refractivity contribution in [3.8, 4) is 11.5 Å². The van der Waals surface area contributed by atoms with Crippen LogP contribution in [0.2, 0.25) is 5.02 Å². The van der Waals surface area contributed by atoms with Gasteiger partial charge in [-0.05, 0) is 41.8 Å². The molecule has 0 unspecified atom stereocenters. The van der Waals surface area contributed by atoms with Crippen LogP contribution in [-0.2, 0) is 13.0 Å². The van der Waals surface area contributed by atoms with Gasteiger partial charge in [0.1, 0.15) is 11.5 Å². The van der Waals surface area contributed by atoms with Crippen LogP contribution in [0, 0.1) is 0 Å². The molecule has 0 spiro atoms. The Labute approximate surface area is 112 Å². The number of halogens is 1. The van der Waals surface area contributed by atoms with Crippen molar-refractivity contribution in [2.24, 2.45) is 0 Å². The summed E-state index contributed by atoms with van der Waals surface area (Å²) in [6, 6.07) is 13.2. The molecule has 94 valence electrons. The molecule has 0 aliphatic heterocycles. The van der Waals surface area contributed by atoms with E-state index in [1.807, 2.05) is 18.2 Å². The fraction of sp³-hybridized carbons (Fsp3) is 0.200. The van der Waals surface area contributed by atoms with E-state index in [2.05, 4.69) is 13.0 Å². The highest BCUT2D eigenvalue weighted by atomic mass is 35.5. The van der Waals surface area contributed by atoms with Gasteiger partial charge in [0.25, 0.3) is 0 Å². The van der Waals surface area contributed by atoms with Crippen molar-refractivity contribution in [3.63, 3.8) is 0 Å². The minimum Gasteiger partial charge on any atom is -0.457 e. The van der Waals surface area contributed by atoms with Crippen LogP contribution in [-0.4, -0.2) is 5.11 Å². The smallest absolute Gasteiger partial charge is 0.128 e. The normalized spacial score (nSPS) is 10.4. The molecule has 0 saturated heterocycles. The predicted molar refractivity (Wildman–Crippen MR) is 73.3 cm³/mol. The molecule has 0 aliphatic rings. The van der Waals surface area contributed by atoms with Crippen LogP contribution in [0.3, 0.4) is 0 Å². The first-order valence-corrected chi connectivity index (χ1v) is 6.27. The molecule has 2 aromatic carbocycles. The number of benzene rings is 2. The molecule has 0 atom stereocenters. The van der Waals surface area contributed by atoms with Gasteiger partial charge >= 0.3 is 0 Å². The second-order valence-electron chi connectivity index (χ2n) is 4.01. The van der Waals surface area contributed by atoms with Crippen LogP contribution < -0.4 is 4.74 Å². The second-order valence-corrected chi connectivity index (χ2v) is 4.42. The standard InChI is InChI=1S/C15H15ClO2/c1-2-11-4-3-5-13(8-11)18-14-7-6-12(10-17)15(16)9-14/h3-9,17H,2,10H2,1H3. The lowest BCUT2D eigenvalue weighted by atomic mass is 10.1. The number of aliphatic hydroxyl groups is 1. The first-order valence-electron chi connectivity index (χ1n) is 5.89. The highest BCUT2D eigenvalue weighted by Crippen LogP contribution is 2.27. The quantitative estimate of drug-likeness (QED) is 0.895. The number of ether oxygens (including phenoxy) is 1. The van der Waals surface area contributed by atoms with Gasteiger partial charge in [-0.1, -0.05) is 36.7 Å². The summed E-state index contributed by atoms with van der Waals surface area (Å²) in [6.07, 6.45) is 0.974. The van der Waals surface area contributed by atoms with Crippen molar-refractivity contribution < 1.29 is 9.84 Å². The molecule has 0 heterocycles. The molecule has 0 radical (unpaired) electrons. The average Bonchev–Trinajstić information content (AvgIpc) is 2.39. The minimum atomic E-state index is -0.0650. The molecular weight excluding hydrogens is 248 g/mol. The Bertz CT molecular complexity index is 538. The molecule has 3 heteroatoms. The lowest BCUT2D eigenvalue weighted by Crippen LogP contribution is -1.89. The van der Waals surface area contributed by atoms with Crippen molar-refractivity contribution in [1.82, 2.24) is 0 Å². The Morgan fingerprint density at radius 2 is 1.89 bits per heavy atom. The van der Waals surface area contributed by atoms with Crippen LogP contribution >= 0.6 is 11.6 Å². The largest absolute Gasteiger partial charge is 0.457 e. The third-order valence-electron chi connectivity index (χ3n) is 2.74. The Morgan fingerprint density at radius 1 is 1.11 bits per heavy atom. The Balaban J connectivity index is 2.20. The third kappa shape index (κ3) is 3.03. The first kappa shape index (κ1) is 12.9. The number of aryl methyl sites for hydroxylation is 1. The third-order valence-corrected chi connectivity index (χ3v) is 3.09. The molecular formula is C15H15ClO2. The van der Waals surface area contributed by atoms with E-state index in [9.17, 15) is 0 Å². The van der Waals surface area contributed by atoms with Crippen molar-refractivity contribution in [1.29, 1.82) is 0 Å². The van der Waals surface area contributed by atoms with Crippen LogP contribution in [0.15, 0.2) is 42.5 Å². The van der Waals surface area contributed by atoms with E-state index < -0.39 is 0 Å². The topological polar surface area (TPSA) is 29.5 Å². The Hall–Kier alpha value is -1.51. The van der Waals surface area contributed by atoms with Gasteiger partial charge in [-0.2, -0.15) is 0 Å². The van der Waals surface area contributed by atoms with Crippen molar-refractivity contribution in [3.05, 3.63) is 58.6 Å². The summed E-state index contributed by atoms with van der Waals surface area (Å²) < 4.78 is 5.74. The van der Waals surface area contributed by atoms with Crippen molar-refractivity contribution in [2.75, 3.05) is 0 Å². The zero-order valence-corrected chi connectivity index (χ0v) is 10.9. The van der Waals surface area contributed by atoms with Gasteiger partial charge < -0.3 is 9.84 Å². The summed E-state index contributed by atoms with van der Waals surface area (Å²) in [5.74, 6) is 1.47. The molecule has 18 heavy (non-hydrogen) atoms. The molecule has 0 aliphatic carbocycles. The molecule has 0 aromatic heterocycles. The highest BCUT2D eigenvalue weighted by molar-refractivity contribution is 6.31. The van der Waals surface area contributed by atoms with Crippen LogP contribution in [0.1, 0.15) is 18.1 Å². The summed E-state index contributed by atoms with van der Waals surface area (Å²) in [5, 5.41) is 9.56. The summed E-state index contributed by atoms with van der Waals surface area (Å²) in [5.41, 5.74) is 1.93. The molecule has 0 amide bonds. The monoisotopic (exact) mass is 262 g/mol. The maximum atomic E-state index is 9.04. The maximum absolute atomic E-state index is 9.04. The van der Waals surface area contributed by atoms with Gasteiger partial charge in [-0.25, -0.2) is 0 Å². The van der Waals surface area contributed by atoms with Crippen molar-refractivity contribution in [2.45, 2.75) is 20.0 Å². The SMILES string of the molecule is CCc1cccc(Oc2ccc(CO)c(Cl)c2)c1. The van der Waals surface area contributed by atoms with Crippen LogP contribution in [0.25, 0.3) is 0 Å². The minimum absolute atomic E-state index is 0.0650. The summed E-state index contributed by atoms with van der Waals surface area (Å²) in [4.78, 5) is 0. The van der Waals surface area contributed by atoms with Gasteiger partial charge in [-0.15, -0.1) is 0 Å². The fourth-order valence-corrected chi connectivity index (χ4v) is 1.92. The van der Waals surface area contributed by atoms with E-state index in [4.69, 9.17) is 21.4 Å². The van der Waals surface area contributed by atoms with E-state index in [0.29, 0.717) is 16.3 Å². The molecule has 1 N–H and O–H groups in total. The number of hydrogen-bond donors (Lipinski definition) is 1. The van der Waals surface area contributed by atoms with Crippen LogP contribution in [0.5, 0.6) is 11.5 Å². The van der Waals surface area contributed by atoms with Gasteiger partial charge in [0.2, 0.25) is 0 Å².